The number of methoxy groups -OCH3 is 1. The van der Waals surface area contributed by atoms with Gasteiger partial charge in [-0.15, -0.1) is 0 Å². The number of hydrogen-bond acceptors (Lipinski definition) is 3. The molecule has 0 aromatic heterocycles. The Bertz CT molecular complexity index is 742. The lowest BCUT2D eigenvalue weighted by Crippen LogP contribution is -1.99. The minimum Gasteiger partial charge on any atom is -0.494 e. The molecule has 0 aliphatic carbocycles. The smallest absolute Gasteiger partial charge is 0.175 e. The van der Waals surface area contributed by atoms with Crippen LogP contribution in [0.2, 0.25) is 0 Å². The molecule has 0 fully saturated rings. The molecule has 0 radical (unpaired) electrons. The van der Waals surface area contributed by atoms with Gasteiger partial charge in [-0.3, -0.25) is 0 Å². The average molecular weight is 373 g/mol. The first-order valence-electron chi connectivity index (χ1n) is 6.10. The number of sulfone groups is 1. The van der Waals surface area contributed by atoms with Gasteiger partial charge in [0.1, 0.15) is 0 Å². The summed E-state index contributed by atoms with van der Waals surface area (Å²) in [5, 5.41) is 0. The van der Waals surface area contributed by atoms with E-state index in [4.69, 9.17) is 4.74 Å². The molecule has 0 aliphatic rings. The van der Waals surface area contributed by atoms with Crippen molar-refractivity contribution in [2.45, 2.75) is 9.72 Å². The van der Waals surface area contributed by atoms with Crippen molar-refractivity contribution in [3.63, 3.8) is 0 Å². The van der Waals surface area contributed by atoms with Crippen molar-refractivity contribution in [1.29, 1.82) is 0 Å². The Morgan fingerprint density at radius 1 is 1.10 bits per heavy atom. The van der Waals surface area contributed by atoms with Gasteiger partial charge in [0.25, 0.3) is 0 Å². The van der Waals surface area contributed by atoms with Gasteiger partial charge in [-0.1, -0.05) is 34.1 Å². The van der Waals surface area contributed by atoms with Gasteiger partial charge in [0, 0.05) is 6.26 Å². The van der Waals surface area contributed by atoms with Gasteiger partial charge in [0.05, 0.1) is 16.8 Å². The van der Waals surface area contributed by atoms with Crippen LogP contribution in [0, 0.1) is 5.82 Å². The summed E-state index contributed by atoms with van der Waals surface area (Å²) in [5.41, 5.74) is 1.56. The van der Waals surface area contributed by atoms with Gasteiger partial charge in [0.15, 0.2) is 21.4 Å². The van der Waals surface area contributed by atoms with E-state index in [1.807, 2.05) is 0 Å². The van der Waals surface area contributed by atoms with Gasteiger partial charge in [-0.2, -0.15) is 0 Å². The number of ether oxygens (including phenoxy) is 1. The molecule has 6 heteroatoms. The Balaban J connectivity index is 2.31. The molecule has 0 saturated heterocycles. The molecule has 0 spiro atoms. The standard InChI is InChI=1S/C15H14BrFO3S/c1-20-14-8-5-11(9-13(14)17)15(16)10-3-6-12(7-4-10)21(2,18)19/h3-9,15H,1-2H3. The highest BCUT2D eigenvalue weighted by Gasteiger charge is 2.14. The second-order valence-electron chi connectivity index (χ2n) is 4.60. The van der Waals surface area contributed by atoms with Gasteiger partial charge in [-0.05, 0) is 35.4 Å². The Hall–Kier alpha value is -1.40. The lowest BCUT2D eigenvalue weighted by Gasteiger charge is -2.12. The summed E-state index contributed by atoms with van der Waals surface area (Å²) >= 11 is 3.49. The number of alkyl halides is 1. The fourth-order valence-electron chi connectivity index (χ4n) is 1.92. The van der Waals surface area contributed by atoms with E-state index in [9.17, 15) is 12.8 Å². The van der Waals surface area contributed by atoms with Crippen molar-refractivity contribution in [2.75, 3.05) is 13.4 Å². The quantitative estimate of drug-likeness (QED) is 0.768. The predicted molar refractivity (Wildman–Crippen MR) is 83.3 cm³/mol. The zero-order valence-electron chi connectivity index (χ0n) is 11.5. The SMILES string of the molecule is COc1ccc(C(Br)c2ccc(S(C)(=O)=O)cc2)cc1F. The van der Waals surface area contributed by atoms with Crippen molar-refractivity contribution in [2.24, 2.45) is 0 Å². The van der Waals surface area contributed by atoms with Crippen LogP contribution in [0.15, 0.2) is 47.4 Å². The van der Waals surface area contributed by atoms with Gasteiger partial charge >= 0.3 is 0 Å². The van der Waals surface area contributed by atoms with Crippen LogP contribution >= 0.6 is 15.9 Å². The monoisotopic (exact) mass is 372 g/mol. The second-order valence-corrected chi connectivity index (χ2v) is 7.53. The summed E-state index contributed by atoms with van der Waals surface area (Å²) < 4.78 is 41.5. The second kappa shape index (κ2) is 6.15. The highest BCUT2D eigenvalue weighted by molar-refractivity contribution is 9.09. The molecule has 0 amide bonds. The minimum absolute atomic E-state index is 0.186. The highest BCUT2D eigenvalue weighted by Crippen LogP contribution is 2.33. The van der Waals surface area contributed by atoms with Crippen LogP contribution in [0.5, 0.6) is 5.75 Å². The number of halogens is 2. The van der Waals surface area contributed by atoms with E-state index in [2.05, 4.69) is 15.9 Å². The van der Waals surface area contributed by atoms with E-state index in [1.54, 1.807) is 36.4 Å². The van der Waals surface area contributed by atoms with Crippen molar-refractivity contribution in [3.05, 3.63) is 59.4 Å². The van der Waals surface area contributed by atoms with E-state index < -0.39 is 15.7 Å². The lowest BCUT2D eigenvalue weighted by molar-refractivity contribution is 0.386. The van der Waals surface area contributed by atoms with E-state index in [0.717, 1.165) is 17.4 Å². The van der Waals surface area contributed by atoms with Crippen LogP contribution in [-0.4, -0.2) is 21.8 Å². The molecule has 0 heterocycles. The molecule has 1 atom stereocenters. The van der Waals surface area contributed by atoms with Crippen LogP contribution in [0.4, 0.5) is 4.39 Å². The van der Waals surface area contributed by atoms with Gasteiger partial charge < -0.3 is 4.74 Å². The summed E-state index contributed by atoms with van der Waals surface area (Å²) in [6, 6.07) is 11.2. The molecular formula is C15H14BrFO3S. The summed E-state index contributed by atoms with van der Waals surface area (Å²) in [7, 11) is -1.81. The van der Waals surface area contributed by atoms with Crippen LogP contribution in [0.3, 0.4) is 0 Å². The van der Waals surface area contributed by atoms with E-state index in [1.165, 1.54) is 13.2 Å². The van der Waals surface area contributed by atoms with Crippen LogP contribution in [-0.2, 0) is 9.84 Å². The Labute approximate surface area is 131 Å². The van der Waals surface area contributed by atoms with Gasteiger partial charge in [-0.25, -0.2) is 12.8 Å². The molecule has 1 unspecified atom stereocenters. The summed E-state index contributed by atoms with van der Waals surface area (Å²) in [6.07, 6.45) is 1.16. The van der Waals surface area contributed by atoms with E-state index in [0.29, 0.717) is 0 Å². The fourth-order valence-corrected chi connectivity index (χ4v) is 3.14. The number of rotatable bonds is 4. The van der Waals surface area contributed by atoms with Crippen LogP contribution in [0.1, 0.15) is 16.0 Å². The first-order valence-corrected chi connectivity index (χ1v) is 8.91. The lowest BCUT2D eigenvalue weighted by atomic mass is 10.0. The topological polar surface area (TPSA) is 43.4 Å². The van der Waals surface area contributed by atoms with Crippen molar-refractivity contribution >= 4 is 25.8 Å². The van der Waals surface area contributed by atoms with Crippen molar-refractivity contribution in [1.82, 2.24) is 0 Å². The molecular weight excluding hydrogens is 359 g/mol. The Morgan fingerprint density at radius 2 is 1.67 bits per heavy atom. The molecule has 2 rings (SSSR count). The Kier molecular flexibility index (Phi) is 4.68. The molecule has 3 nitrogen and oxygen atoms in total. The number of hydrogen-bond donors (Lipinski definition) is 0. The molecule has 0 N–H and O–H groups in total. The normalized spacial score (nSPS) is 13.0. The third-order valence-electron chi connectivity index (χ3n) is 3.07. The fraction of sp³-hybridized carbons (Fsp3) is 0.200. The maximum atomic E-state index is 13.7. The minimum atomic E-state index is -3.22. The van der Waals surface area contributed by atoms with Gasteiger partial charge in [0.2, 0.25) is 0 Å². The van der Waals surface area contributed by atoms with Crippen LogP contribution in [0.25, 0.3) is 0 Å². The highest BCUT2D eigenvalue weighted by atomic mass is 79.9. The van der Waals surface area contributed by atoms with Crippen molar-refractivity contribution < 1.29 is 17.5 Å². The first kappa shape index (κ1) is 16.0. The molecule has 0 aliphatic heterocycles. The molecule has 21 heavy (non-hydrogen) atoms. The largest absolute Gasteiger partial charge is 0.494 e. The molecule has 0 bridgehead atoms. The van der Waals surface area contributed by atoms with E-state index >= 15 is 0 Å². The maximum Gasteiger partial charge on any atom is 0.175 e. The molecule has 2 aromatic rings. The molecule has 0 saturated carbocycles. The zero-order valence-corrected chi connectivity index (χ0v) is 13.9. The predicted octanol–water partition coefficient (Wildman–Crippen LogP) is 3.72. The zero-order chi connectivity index (χ0) is 15.6. The van der Waals surface area contributed by atoms with Crippen LogP contribution < -0.4 is 4.74 Å². The molecule has 112 valence electrons. The van der Waals surface area contributed by atoms with Crippen molar-refractivity contribution in [3.8, 4) is 5.75 Å². The third-order valence-corrected chi connectivity index (χ3v) is 5.26. The summed E-state index contributed by atoms with van der Waals surface area (Å²) in [6.45, 7) is 0. The average Bonchev–Trinajstić information content (AvgIpc) is 2.45. The summed E-state index contributed by atoms with van der Waals surface area (Å²) in [5.74, 6) is -0.252. The Morgan fingerprint density at radius 3 is 2.14 bits per heavy atom. The van der Waals surface area contributed by atoms with E-state index in [-0.39, 0.29) is 15.5 Å². The molecule has 2 aromatic carbocycles. The first-order chi connectivity index (χ1) is 9.82. The maximum absolute atomic E-state index is 13.7. The number of benzene rings is 2. The third kappa shape index (κ3) is 3.63. The summed E-state index contributed by atoms with van der Waals surface area (Å²) in [4.78, 5) is 0.0263.